The predicted molar refractivity (Wildman–Crippen MR) is 103 cm³/mol. The van der Waals surface area contributed by atoms with E-state index in [1.54, 1.807) is 35.4 Å². The van der Waals surface area contributed by atoms with E-state index < -0.39 is 0 Å². The van der Waals surface area contributed by atoms with Gasteiger partial charge >= 0.3 is 6.03 Å². The van der Waals surface area contributed by atoms with Crippen molar-refractivity contribution < 1.29 is 9.59 Å². The van der Waals surface area contributed by atoms with E-state index in [2.05, 4.69) is 32.1 Å². The van der Waals surface area contributed by atoms with Crippen LogP contribution in [0, 0.1) is 0 Å². The molecule has 2 aliphatic heterocycles. The van der Waals surface area contributed by atoms with Gasteiger partial charge in [0.25, 0.3) is 5.91 Å². The molecule has 4 heterocycles. The van der Waals surface area contributed by atoms with Crippen LogP contribution in [0.15, 0.2) is 49.2 Å². The number of urea groups is 1. The molecule has 0 radical (unpaired) electrons. The van der Waals surface area contributed by atoms with Gasteiger partial charge in [0.15, 0.2) is 5.82 Å². The van der Waals surface area contributed by atoms with Gasteiger partial charge in [-0.15, -0.1) is 6.58 Å². The molecular weight excluding hydrogens is 344 g/mol. The number of nitrogens with zero attached hydrogens (tertiary/aromatic N) is 4. The highest BCUT2D eigenvalue weighted by molar-refractivity contribution is 6.05. The first kappa shape index (κ1) is 17.0. The summed E-state index contributed by atoms with van der Waals surface area (Å²) >= 11 is 0. The minimum absolute atomic E-state index is 0.0141. The third-order valence-corrected chi connectivity index (χ3v) is 4.71. The Balaban J connectivity index is 1.66. The van der Waals surface area contributed by atoms with Crippen LogP contribution in [0.4, 0.5) is 22.1 Å². The van der Waals surface area contributed by atoms with Crippen LogP contribution in [0.2, 0.25) is 0 Å². The van der Waals surface area contributed by atoms with Gasteiger partial charge in [0.2, 0.25) is 0 Å². The van der Waals surface area contributed by atoms with E-state index >= 15 is 0 Å². The highest BCUT2D eigenvalue weighted by Crippen LogP contribution is 2.39. The topological polar surface area (TPSA) is 90.5 Å². The average molecular weight is 364 g/mol. The number of hydrogen-bond donors (Lipinski definition) is 2. The van der Waals surface area contributed by atoms with Crippen LogP contribution in [-0.2, 0) is 0 Å². The molecule has 4 rings (SSSR count). The summed E-state index contributed by atoms with van der Waals surface area (Å²) in [6, 6.07) is 8.59. The molecule has 27 heavy (non-hydrogen) atoms. The molecule has 8 heteroatoms. The summed E-state index contributed by atoms with van der Waals surface area (Å²) in [4.78, 5) is 37.7. The zero-order valence-electron chi connectivity index (χ0n) is 14.8. The Morgan fingerprint density at radius 2 is 2.19 bits per heavy atom. The molecule has 0 aliphatic carbocycles. The normalized spacial score (nSPS) is 17.3. The van der Waals surface area contributed by atoms with Crippen molar-refractivity contribution in [2.24, 2.45) is 0 Å². The van der Waals surface area contributed by atoms with Gasteiger partial charge in [0, 0.05) is 25.8 Å². The van der Waals surface area contributed by atoms with Crippen LogP contribution in [0.3, 0.4) is 0 Å². The van der Waals surface area contributed by atoms with Crippen molar-refractivity contribution in [3.63, 3.8) is 0 Å². The molecule has 2 aromatic heterocycles. The van der Waals surface area contributed by atoms with Crippen LogP contribution < -0.4 is 20.4 Å². The Labute approximate surface area is 156 Å². The predicted octanol–water partition coefficient (Wildman–Crippen LogP) is 2.02. The number of carbonyl (C=O) groups is 2. The molecule has 138 valence electrons. The summed E-state index contributed by atoms with van der Waals surface area (Å²) in [5.74, 6) is 0.684. The Hall–Kier alpha value is -3.42. The largest absolute Gasteiger partial charge is 0.366 e. The van der Waals surface area contributed by atoms with E-state index in [9.17, 15) is 9.59 Å². The molecule has 2 N–H and O–H groups in total. The number of hydrogen-bond acceptors (Lipinski definition) is 5. The molecule has 0 spiro atoms. The SMILES string of the molecule is C=CCNC(=O)c1ccc2c(n1)N(C(=O)Nc1ccccn1)C1CCN2C1. The molecule has 2 aromatic rings. The summed E-state index contributed by atoms with van der Waals surface area (Å²) in [6.07, 6.45) is 4.08. The second-order valence-corrected chi connectivity index (χ2v) is 6.44. The summed E-state index contributed by atoms with van der Waals surface area (Å²) in [6.45, 7) is 5.56. The van der Waals surface area contributed by atoms with Crippen molar-refractivity contribution in [2.75, 3.05) is 34.8 Å². The summed E-state index contributed by atoms with van der Waals surface area (Å²) in [5.41, 5.74) is 1.13. The minimum atomic E-state index is -0.296. The fourth-order valence-electron chi connectivity index (χ4n) is 3.46. The maximum Gasteiger partial charge on any atom is 0.329 e. The Kier molecular flexibility index (Phi) is 4.45. The fraction of sp³-hybridized carbons (Fsp3) is 0.263. The number of fused-ring (bicyclic) bond motifs is 4. The number of pyridine rings is 2. The standard InChI is InChI=1S/C19H20N6O2/c1-2-9-21-18(26)14-6-7-15-17(22-14)25(13-8-11-24(15)12-13)19(27)23-16-5-3-4-10-20-16/h2-7,10,13H,1,8-9,11-12H2,(H,21,26)(H,20,23,27). The summed E-state index contributed by atoms with van der Waals surface area (Å²) in [7, 11) is 0. The van der Waals surface area contributed by atoms with Crippen LogP contribution in [0.5, 0.6) is 0 Å². The smallest absolute Gasteiger partial charge is 0.329 e. The Bertz CT molecular complexity index is 885. The van der Waals surface area contributed by atoms with Gasteiger partial charge in [-0.1, -0.05) is 12.1 Å². The highest BCUT2D eigenvalue weighted by atomic mass is 16.2. The van der Waals surface area contributed by atoms with Gasteiger partial charge < -0.3 is 10.2 Å². The van der Waals surface area contributed by atoms with Crippen LogP contribution in [0.25, 0.3) is 0 Å². The second-order valence-electron chi connectivity index (χ2n) is 6.44. The van der Waals surface area contributed by atoms with E-state index in [1.807, 2.05) is 12.1 Å². The number of anilines is 3. The molecular formula is C19H20N6O2. The molecule has 2 bridgehead atoms. The molecule has 0 saturated carbocycles. The first-order chi connectivity index (χ1) is 13.2. The molecule has 1 unspecified atom stereocenters. The fourth-order valence-corrected chi connectivity index (χ4v) is 3.46. The van der Waals surface area contributed by atoms with Gasteiger partial charge in [-0.2, -0.15) is 0 Å². The third kappa shape index (κ3) is 3.21. The van der Waals surface area contributed by atoms with E-state index in [1.165, 1.54) is 0 Å². The zero-order valence-corrected chi connectivity index (χ0v) is 14.8. The molecule has 1 atom stereocenters. The van der Waals surface area contributed by atoms with Crippen molar-refractivity contribution in [1.82, 2.24) is 15.3 Å². The first-order valence-corrected chi connectivity index (χ1v) is 8.83. The van der Waals surface area contributed by atoms with Gasteiger partial charge in [-0.25, -0.2) is 14.8 Å². The van der Waals surface area contributed by atoms with Crippen molar-refractivity contribution >= 4 is 29.3 Å². The quantitative estimate of drug-likeness (QED) is 0.810. The Morgan fingerprint density at radius 3 is 2.96 bits per heavy atom. The molecule has 1 saturated heterocycles. The third-order valence-electron chi connectivity index (χ3n) is 4.71. The number of aromatic nitrogens is 2. The lowest BCUT2D eigenvalue weighted by Gasteiger charge is -2.35. The number of carbonyl (C=O) groups excluding carboxylic acids is 2. The van der Waals surface area contributed by atoms with Gasteiger partial charge in [0.05, 0.1) is 11.7 Å². The minimum Gasteiger partial charge on any atom is -0.366 e. The Morgan fingerprint density at radius 1 is 1.30 bits per heavy atom. The maximum absolute atomic E-state index is 13.0. The van der Waals surface area contributed by atoms with Crippen LogP contribution >= 0.6 is 0 Å². The monoisotopic (exact) mass is 364 g/mol. The maximum atomic E-state index is 13.0. The number of rotatable bonds is 4. The van der Waals surface area contributed by atoms with E-state index in [0.29, 0.717) is 18.2 Å². The van der Waals surface area contributed by atoms with Crippen molar-refractivity contribution in [2.45, 2.75) is 12.5 Å². The van der Waals surface area contributed by atoms with Gasteiger partial charge in [0.1, 0.15) is 11.5 Å². The second kappa shape index (κ2) is 7.06. The van der Waals surface area contributed by atoms with Crippen molar-refractivity contribution in [1.29, 1.82) is 0 Å². The molecule has 3 amide bonds. The van der Waals surface area contributed by atoms with E-state index in [4.69, 9.17) is 0 Å². The van der Waals surface area contributed by atoms with Crippen molar-refractivity contribution in [3.8, 4) is 0 Å². The molecule has 2 aliphatic rings. The first-order valence-electron chi connectivity index (χ1n) is 8.83. The highest BCUT2D eigenvalue weighted by Gasteiger charge is 2.40. The van der Waals surface area contributed by atoms with Crippen LogP contribution in [0.1, 0.15) is 16.9 Å². The van der Waals surface area contributed by atoms with Gasteiger partial charge in [-0.3, -0.25) is 15.0 Å². The zero-order chi connectivity index (χ0) is 18.8. The van der Waals surface area contributed by atoms with Crippen molar-refractivity contribution in [3.05, 3.63) is 54.9 Å². The summed E-state index contributed by atoms with van der Waals surface area (Å²) in [5, 5.41) is 5.54. The average Bonchev–Trinajstić information content (AvgIpc) is 3.11. The molecule has 1 fully saturated rings. The molecule has 0 aromatic carbocycles. The lowest BCUT2D eigenvalue weighted by Crippen LogP contribution is -2.48. The molecule has 8 nitrogen and oxygen atoms in total. The van der Waals surface area contributed by atoms with E-state index in [0.717, 1.165) is 25.2 Å². The lowest BCUT2D eigenvalue weighted by atomic mass is 10.1. The number of nitrogens with one attached hydrogen (secondary N) is 2. The van der Waals surface area contributed by atoms with Crippen LogP contribution in [-0.4, -0.2) is 47.6 Å². The summed E-state index contributed by atoms with van der Waals surface area (Å²) < 4.78 is 0. The lowest BCUT2D eigenvalue weighted by molar-refractivity contribution is 0.0953. The van der Waals surface area contributed by atoms with Gasteiger partial charge in [-0.05, 0) is 30.7 Å². The number of amides is 3. The van der Waals surface area contributed by atoms with E-state index in [-0.39, 0.29) is 23.7 Å².